The molecule has 1 rings (SSSR count). The first-order valence-electron chi connectivity index (χ1n) is 6.00. The Hall–Kier alpha value is -0.170. The second-order valence-corrected chi connectivity index (χ2v) is 6.14. The third-order valence-electron chi connectivity index (χ3n) is 2.59. The summed E-state index contributed by atoms with van der Waals surface area (Å²) in [6.45, 7) is 5.17. The lowest BCUT2D eigenvalue weighted by Crippen LogP contribution is -2.43. The van der Waals surface area contributed by atoms with Crippen molar-refractivity contribution in [2.45, 2.75) is 51.6 Å². The molecule has 1 aliphatic rings. The highest BCUT2D eigenvalue weighted by Crippen LogP contribution is 2.09. The summed E-state index contributed by atoms with van der Waals surface area (Å²) in [5, 5.41) is 3.39. The first-order chi connectivity index (χ1) is 7.49. The molecule has 96 valence electrons. The molecular formula is C10H23N3O2S. The molecule has 1 fully saturated rings. The van der Waals surface area contributed by atoms with Crippen molar-refractivity contribution in [3.63, 3.8) is 0 Å². The molecule has 1 heterocycles. The molecule has 1 aliphatic heterocycles. The second kappa shape index (κ2) is 6.54. The van der Waals surface area contributed by atoms with Crippen LogP contribution in [0.15, 0.2) is 0 Å². The van der Waals surface area contributed by atoms with Gasteiger partial charge in [-0.1, -0.05) is 6.42 Å². The van der Waals surface area contributed by atoms with E-state index in [4.69, 9.17) is 0 Å². The van der Waals surface area contributed by atoms with Crippen molar-refractivity contribution >= 4 is 10.2 Å². The van der Waals surface area contributed by atoms with Crippen molar-refractivity contribution in [1.29, 1.82) is 0 Å². The molecule has 0 aliphatic carbocycles. The van der Waals surface area contributed by atoms with Crippen molar-refractivity contribution < 1.29 is 8.42 Å². The van der Waals surface area contributed by atoms with E-state index in [0.717, 1.165) is 19.4 Å². The van der Waals surface area contributed by atoms with Crippen molar-refractivity contribution in [3.8, 4) is 0 Å². The van der Waals surface area contributed by atoms with Gasteiger partial charge in [0.25, 0.3) is 10.2 Å². The van der Waals surface area contributed by atoms with Crippen LogP contribution >= 0.6 is 0 Å². The molecule has 1 saturated heterocycles. The van der Waals surface area contributed by atoms with E-state index >= 15 is 0 Å². The number of piperidine rings is 1. The summed E-state index contributed by atoms with van der Waals surface area (Å²) < 4.78 is 27.9. The van der Waals surface area contributed by atoms with E-state index in [1.807, 2.05) is 13.8 Å². The average molecular weight is 249 g/mol. The Morgan fingerprint density at radius 3 is 2.69 bits per heavy atom. The monoisotopic (exact) mass is 249 g/mol. The van der Waals surface area contributed by atoms with Gasteiger partial charge in [-0.3, -0.25) is 0 Å². The van der Waals surface area contributed by atoms with Crippen LogP contribution in [0.3, 0.4) is 0 Å². The highest BCUT2D eigenvalue weighted by molar-refractivity contribution is 7.87. The Morgan fingerprint density at radius 1 is 1.38 bits per heavy atom. The van der Waals surface area contributed by atoms with Crippen molar-refractivity contribution in [1.82, 2.24) is 14.8 Å². The van der Waals surface area contributed by atoms with Gasteiger partial charge in [0.05, 0.1) is 0 Å². The molecule has 0 radical (unpaired) electrons. The largest absolute Gasteiger partial charge is 0.314 e. The zero-order chi connectivity index (χ0) is 12.0. The molecule has 16 heavy (non-hydrogen) atoms. The molecule has 0 spiro atoms. The Bertz CT molecular complexity index is 284. The van der Waals surface area contributed by atoms with Crippen LogP contribution in [0.1, 0.15) is 39.5 Å². The minimum Gasteiger partial charge on any atom is -0.314 e. The third-order valence-corrected chi connectivity index (χ3v) is 3.95. The number of hydrogen-bond acceptors (Lipinski definition) is 3. The fourth-order valence-electron chi connectivity index (χ4n) is 1.89. The molecule has 3 N–H and O–H groups in total. The van der Waals surface area contributed by atoms with Crippen molar-refractivity contribution in [2.24, 2.45) is 0 Å². The van der Waals surface area contributed by atoms with Gasteiger partial charge in [-0.05, 0) is 39.7 Å². The smallest absolute Gasteiger partial charge is 0.277 e. The molecule has 6 heteroatoms. The van der Waals surface area contributed by atoms with Gasteiger partial charge in [0.1, 0.15) is 0 Å². The Labute approximate surface area is 98.6 Å². The molecule has 1 atom stereocenters. The zero-order valence-corrected chi connectivity index (χ0v) is 10.9. The van der Waals surface area contributed by atoms with E-state index in [0.29, 0.717) is 12.6 Å². The molecule has 0 aromatic carbocycles. The van der Waals surface area contributed by atoms with Crippen LogP contribution < -0.4 is 14.8 Å². The summed E-state index contributed by atoms with van der Waals surface area (Å²) in [5.74, 6) is 0. The Kier molecular flexibility index (Phi) is 5.68. The lowest BCUT2D eigenvalue weighted by molar-refractivity contribution is 0.382. The van der Waals surface area contributed by atoms with Gasteiger partial charge >= 0.3 is 0 Å². The molecular weight excluding hydrogens is 226 g/mol. The highest BCUT2D eigenvalue weighted by atomic mass is 32.2. The summed E-state index contributed by atoms with van der Waals surface area (Å²) >= 11 is 0. The van der Waals surface area contributed by atoms with Gasteiger partial charge < -0.3 is 5.32 Å². The maximum absolute atomic E-state index is 11.4. The summed E-state index contributed by atoms with van der Waals surface area (Å²) in [7, 11) is -3.31. The van der Waals surface area contributed by atoms with Crippen LogP contribution in [-0.2, 0) is 10.2 Å². The predicted molar refractivity (Wildman–Crippen MR) is 65.5 cm³/mol. The third kappa shape index (κ3) is 5.79. The van der Waals surface area contributed by atoms with Gasteiger partial charge in [0.15, 0.2) is 0 Å². The quantitative estimate of drug-likeness (QED) is 0.636. The molecule has 0 bridgehead atoms. The van der Waals surface area contributed by atoms with Crippen LogP contribution in [0.4, 0.5) is 0 Å². The van der Waals surface area contributed by atoms with E-state index in [-0.39, 0.29) is 6.04 Å². The lowest BCUT2D eigenvalue weighted by atomic mass is 10.0. The van der Waals surface area contributed by atoms with Crippen LogP contribution in [0, 0.1) is 0 Å². The Morgan fingerprint density at radius 2 is 2.12 bits per heavy atom. The average Bonchev–Trinajstić information content (AvgIpc) is 2.16. The van der Waals surface area contributed by atoms with Gasteiger partial charge in [0.2, 0.25) is 0 Å². The lowest BCUT2D eigenvalue weighted by Gasteiger charge is -2.23. The Balaban J connectivity index is 2.18. The minimum atomic E-state index is -3.31. The standard InChI is InChI=1S/C10H23N3O2S/c1-9(2)13-16(14,15)12-8-6-10-5-3-4-7-11-10/h9-13H,3-8H2,1-2H3. The minimum absolute atomic E-state index is 0.0645. The fraction of sp³-hybridized carbons (Fsp3) is 1.00. The second-order valence-electron chi connectivity index (χ2n) is 4.61. The van der Waals surface area contributed by atoms with Crippen LogP contribution in [0.25, 0.3) is 0 Å². The van der Waals surface area contributed by atoms with E-state index in [1.54, 1.807) is 0 Å². The van der Waals surface area contributed by atoms with Gasteiger partial charge in [-0.2, -0.15) is 13.1 Å². The summed E-state index contributed by atoms with van der Waals surface area (Å²) in [4.78, 5) is 0. The summed E-state index contributed by atoms with van der Waals surface area (Å²) in [5.41, 5.74) is 0. The van der Waals surface area contributed by atoms with E-state index in [1.165, 1.54) is 12.8 Å². The molecule has 0 saturated carbocycles. The van der Waals surface area contributed by atoms with E-state index < -0.39 is 10.2 Å². The van der Waals surface area contributed by atoms with Crippen molar-refractivity contribution in [2.75, 3.05) is 13.1 Å². The molecule has 1 unspecified atom stereocenters. The van der Waals surface area contributed by atoms with E-state index in [2.05, 4.69) is 14.8 Å². The molecule has 5 nitrogen and oxygen atoms in total. The normalized spacial score (nSPS) is 22.6. The van der Waals surface area contributed by atoms with E-state index in [9.17, 15) is 8.42 Å². The molecule has 0 aromatic heterocycles. The molecule has 0 aromatic rings. The van der Waals surface area contributed by atoms with Gasteiger partial charge in [-0.15, -0.1) is 0 Å². The maximum atomic E-state index is 11.4. The van der Waals surface area contributed by atoms with Crippen LogP contribution in [0.2, 0.25) is 0 Å². The fourth-order valence-corrected chi connectivity index (χ4v) is 2.98. The predicted octanol–water partition coefficient (Wildman–Crippen LogP) is 0.351. The van der Waals surface area contributed by atoms with Crippen LogP contribution in [-0.4, -0.2) is 33.6 Å². The van der Waals surface area contributed by atoms with Gasteiger partial charge in [-0.25, -0.2) is 4.72 Å². The van der Waals surface area contributed by atoms with Crippen molar-refractivity contribution in [3.05, 3.63) is 0 Å². The summed E-state index contributed by atoms with van der Waals surface area (Å²) in [6, 6.07) is 0.404. The highest BCUT2D eigenvalue weighted by Gasteiger charge is 2.14. The topological polar surface area (TPSA) is 70.2 Å². The first-order valence-corrected chi connectivity index (χ1v) is 7.48. The van der Waals surface area contributed by atoms with Crippen LogP contribution in [0.5, 0.6) is 0 Å². The van der Waals surface area contributed by atoms with Gasteiger partial charge in [0, 0.05) is 18.6 Å². The SMILES string of the molecule is CC(C)NS(=O)(=O)NCCC1CCCCN1. The number of rotatable bonds is 6. The number of nitrogens with one attached hydrogen (secondary N) is 3. The maximum Gasteiger partial charge on any atom is 0.277 e. The zero-order valence-electron chi connectivity index (χ0n) is 10.1. The molecule has 0 amide bonds. The first kappa shape index (κ1) is 13.9. The number of hydrogen-bond donors (Lipinski definition) is 3. The summed E-state index contributed by atoms with van der Waals surface area (Å²) in [6.07, 6.45) is 4.49.